The highest BCUT2D eigenvalue weighted by Gasteiger charge is 2.43. The summed E-state index contributed by atoms with van der Waals surface area (Å²) in [5.41, 5.74) is 5.47. The molecule has 0 radical (unpaired) electrons. The van der Waals surface area contributed by atoms with Gasteiger partial charge in [0.1, 0.15) is 0 Å². The lowest BCUT2D eigenvalue weighted by Gasteiger charge is -2.05. The molecule has 1 aliphatic carbocycles. The molecule has 0 unspecified atom stereocenters. The average Bonchev–Trinajstić information content (AvgIpc) is 3.24. The third-order valence-electron chi connectivity index (χ3n) is 3.03. The summed E-state index contributed by atoms with van der Waals surface area (Å²) in [6.45, 7) is 0. The van der Waals surface area contributed by atoms with Crippen LogP contribution < -0.4 is 16.0 Å². The molecule has 0 aromatic heterocycles. The van der Waals surface area contributed by atoms with Gasteiger partial charge in [0.25, 0.3) is 5.91 Å². The number of hydrazine groups is 1. The second-order valence-corrected chi connectivity index (χ2v) is 4.49. The van der Waals surface area contributed by atoms with Crippen molar-refractivity contribution in [3.63, 3.8) is 0 Å². The molecule has 6 heteroatoms. The molecule has 0 bridgehead atoms. The van der Waals surface area contributed by atoms with Crippen LogP contribution in [-0.2, 0) is 14.4 Å². The first-order valence-electron chi connectivity index (χ1n) is 6.12. The van der Waals surface area contributed by atoms with Gasteiger partial charge in [0.2, 0.25) is 5.91 Å². The van der Waals surface area contributed by atoms with E-state index < -0.39 is 11.9 Å². The van der Waals surface area contributed by atoms with E-state index in [0.29, 0.717) is 6.08 Å². The molecule has 104 valence electrons. The Morgan fingerprint density at radius 2 is 1.80 bits per heavy atom. The van der Waals surface area contributed by atoms with Crippen LogP contribution in [0.1, 0.15) is 17.9 Å². The average molecular weight is 273 g/mol. The number of aliphatic carboxylic acids is 1. The molecule has 2 rings (SSSR count). The summed E-state index contributed by atoms with van der Waals surface area (Å²) in [6, 6.07) is 9.65. The van der Waals surface area contributed by atoms with E-state index in [1.54, 1.807) is 0 Å². The van der Waals surface area contributed by atoms with Gasteiger partial charge in [-0.15, -0.1) is 0 Å². The van der Waals surface area contributed by atoms with E-state index in [1.165, 1.54) is 0 Å². The van der Waals surface area contributed by atoms with Crippen LogP contribution in [0.4, 0.5) is 0 Å². The first-order valence-corrected chi connectivity index (χ1v) is 6.12. The lowest BCUT2D eigenvalue weighted by atomic mass is 10.1. The number of rotatable bonds is 4. The van der Waals surface area contributed by atoms with Crippen molar-refractivity contribution < 1.29 is 19.5 Å². The minimum Gasteiger partial charge on any atom is -0.545 e. The van der Waals surface area contributed by atoms with Crippen molar-refractivity contribution in [3.05, 3.63) is 48.0 Å². The predicted octanol–water partition coefficient (Wildman–Crippen LogP) is -0.756. The monoisotopic (exact) mass is 273 g/mol. The third-order valence-corrected chi connectivity index (χ3v) is 3.03. The molecular weight excluding hydrogens is 260 g/mol. The Bertz CT molecular complexity index is 554. The van der Waals surface area contributed by atoms with E-state index in [0.717, 1.165) is 18.1 Å². The molecule has 0 saturated heterocycles. The van der Waals surface area contributed by atoms with E-state index in [9.17, 15) is 19.5 Å². The van der Waals surface area contributed by atoms with Gasteiger partial charge in [-0.05, 0) is 24.0 Å². The van der Waals surface area contributed by atoms with E-state index in [2.05, 4.69) is 10.9 Å². The van der Waals surface area contributed by atoms with Crippen LogP contribution in [0.15, 0.2) is 42.5 Å². The maximum Gasteiger partial charge on any atom is 0.262 e. The van der Waals surface area contributed by atoms with Gasteiger partial charge >= 0.3 is 0 Å². The summed E-state index contributed by atoms with van der Waals surface area (Å²) < 4.78 is 0. The fraction of sp³-hybridized carbons (Fsp3) is 0.214. The zero-order valence-corrected chi connectivity index (χ0v) is 10.5. The largest absolute Gasteiger partial charge is 0.545 e. The Hall–Kier alpha value is -2.63. The number of carboxylic acid groups (broad SMARTS) is 1. The number of hydrogen-bond donors (Lipinski definition) is 2. The van der Waals surface area contributed by atoms with E-state index in [-0.39, 0.29) is 17.7 Å². The highest BCUT2D eigenvalue weighted by molar-refractivity contribution is 5.94. The standard InChI is InChI=1S/C14H14N2O4/c17-12(6-7-13(18)19)15-16-14(20)11-8-10(11)9-4-2-1-3-5-9/h1-7,10-11H,8H2,(H,15,17)(H,16,20)(H,18,19)/p-1/t10-,11-/m1/s1. The highest BCUT2D eigenvalue weighted by atomic mass is 16.4. The molecule has 6 nitrogen and oxygen atoms in total. The van der Waals surface area contributed by atoms with Crippen LogP contribution >= 0.6 is 0 Å². The minimum absolute atomic E-state index is 0.164. The molecule has 1 aromatic rings. The normalized spacial score (nSPS) is 20.4. The first kappa shape index (κ1) is 13.8. The highest BCUT2D eigenvalue weighted by Crippen LogP contribution is 2.47. The van der Waals surface area contributed by atoms with Crippen LogP contribution in [-0.4, -0.2) is 17.8 Å². The predicted molar refractivity (Wildman–Crippen MR) is 67.7 cm³/mol. The van der Waals surface area contributed by atoms with Crippen molar-refractivity contribution in [2.24, 2.45) is 5.92 Å². The van der Waals surface area contributed by atoms with Crippen LogP contribution in [0.25, 0.3) is 0 Å². The van der Waals surface area contributed by atoms with Crippen LogP contribution in [0.5, 0.6) is 0 Å². The molecule has 1 aromatic carbocycles. The molecule has 1 fully saturated rings. The summed E-state index contributed by atoms with van der Waals surface area (Å²) in [6.07, 6.45) is 2.10. The quantitative estimate of drug-likeness (QED) is 0.556. The van der Waals surface area contributed by atoms with Crippen molar-refractivity contribution in [3.8, 4) is 0 Å². The minimum atomic E-state index is -1.47. The smallest absolute Gasteiger partial charge is 0.262 e. The Balaban J connectivity index is 1.77. The second-order valence-electron chi connectivity index (χ2n) is 4.49. The van der Waals surface area contributed by atoms with E-state index in [1.807, 2.05) is 30.3 Å². The molecule has 2 atom stereocenters. The van der Waals surface area contributed by atoms with Crippen molar-refractivity contribution in [1.29, 1.82) is 0 Å². The third kappa shape index (κ3) is 3.68. The Kier molecular flexibility index (Phi) is 4.14. The van der Waals surface area contributed by atoms with Crippen molar-refractivity contribution in [1.82, 2.24) is 10.9 Å². The lowest BCUT2D eigenvalue weighted by molar-refractivity contribution is -0.297. The molecule has 0 heterocycles. The topological polar surface area (TPSA) is 98.3 Å². The van der Waals surface area contributed by atoms with Crippen molar-refractivity contribution in [2.45, 2.75) is 12.3 Å². The summed E-state index contributed by atoms with van der Waals surface area (Å²) in [7, 11) is 0. The van der Waals surface area contributed by atoms with Gasteiger partial charge in [-0.3, -0.25) is 20.4 Å². The Labute approximate surface area is 115 Å². The number of carboxylic acids is 1. The van der Waals surface area contributed by atoms with Crippen LogP contribution in [0.2, 0.25) is 0 Å². The van der Waals surface area contributed by atoms with Gasteiger partial charge in [0, 0.05) is 12.0 Å². The molecule has 0 aliphatic heterocycles. The number of hydrogen-bond acceptors (Lipinski definition) is 4. The van der Waals surface area contributed by atoms with Gasteiger partial charge in [0.15, 0.2) is 0 Å². The molecular formula is C14H13N2O4-. The Morgan fingerprint density at radius 3 is 2.45 bits per heavy atom. The SMILES string of the molecule is O=C([O-])C=CC(=O)NNC(=O)[C@@H]1C[C@@H]1c1ccccc1. The second kappa shape index (κ2) is 6.01. The van der Waals surface area contributed by atoms with Gasteiger partial charge in [-0.2, -0.15) is 0 Å². The number of carbonyl (C=O) groups excluding carboxylic acids is 3. The summed E-state index contributed by atoms with van der Waals surface area (Å²) in [5.74, 6) is -2.47. The maximum absolute atomic E-state index is 11.8. The molecule has 1 saturated carbocycles. The van der Waals surface area contributed by atoms with Crippen LogP contribution in [0.3, 0.4) is 0 Å². The van der Waals surface area contributed by atoms with Crippen LogP contribution in [0, 0.1) is 5.92 Å². The summed E-state index contributed by atoms with van der Waals surface area (Å²) in [5, 5.41) is 10.1. The number of amides is 2. The fourth-order valence-electron chi connectivity index (χ4n) is 1.95. The zero-order chi connectivity index (χ0) is 14.5. The van der Waals surface area contributed by atoms with Gasteiger partial charge in [-0.1, -0.05) is 30.3 Å². The summed E-state index contributed by atoms with van der Waals surface area (Å²) >= 11 is 0. The van der Waals surface area contributed by atoms with Gasteiger partial charge in [0.05, 0.1) is 5.97 Å². The molecule has 2 amide bonds. The first-order chi connectivity index (χ1) is 9.58. The fourth-order valence-corrected chi connectivity index (χ4v) is 1.95. The van der Waals surface area contributed by atoms with Crippen molar-refractivity contribution >= 4 is 17.8 Å². The lowest BCUT2D eigenvalue weighted by Crippen LogP contribution is -2.42. The van der Waals surface area contributed by atoms with Gasteiger partial charge < -0.3 is 9.90 Å². The van der Waals surface area contributed by atoms with Crippen molar-refractivity contribution in [2.75, 3.05) is 0 Å². The Morgan fingerprint density at radius 1 is 1.10 bits per heavy atom. The molecule has 0 spiro atoms. The summed E-state index contributed by atoms with van der Waals surface area (Å²) in [4.78, 5) is 33.0. The molecule has 1 aliphatic rings. The number of carbonyl (C=O) groups is 3. The molecule has 2 N–H and O–H groups in total. The van der Waals surface area contributed by atoms with E-state index in [4.69, 9.17) is 0 Å². The van der Waals surface area contributed by atoms with E-state index >= 15 is 0 Å². The number of nitrogens with one attached hydrogen (secondary N) is 2. The zero-order valence-electron chi connectivity index (χ0n) is 10.5. The number of benzene rings is 1. The molecule has 20 heavy (non-hydrogen) atoms. The van der Waals surface area contributed by atoms with Gasteiger partial charge in [-0.25, -0.2) is 0 Å². The maximum atomic E-state index is 11.8.